The van der Waals surface area contributed by atoms with E-state index >= 15 is 0 Å². The molecule has 0 aliphatic carbocycles. The summed E-state index contributed by atoms with van der Waals surface area (Å²) in [5.74, 6) is 1.17. The van der Waals surface area contributed by atoms with Crippen LogP contribution in [-0.2, 0) is 0 Å². The van der Waals surface area contributed by atoms with Gasteiger partial charge >= 0.3 is 0 Å². The van der Waals surface area contributed by atoms with E-state index in [2.05, 4.69) is 63.0 Å². The van der Waals surface area contributed by atoms with Crippen molar-refractivity contribution in [3.05, 3.63) is 29.3 Å². The van der Waals surface area contributed by atoms with Crippen LogP contribution in [0.1, 0.15) is 70.4 Å². The fourth-order valence-corrected chi connectivity index (χ4v) is 3.16. The van der Waals surface area contributed by atoms with Crippen LogP contribution in [0.2, 0.25) is 0 Å². The summed E-state index contributed by atoms with van der Waals surface area (Å²) in [6, 6.07) is 7.63. The molecule has 0 saturated carbocycles. The summed E-state index contributed by atoms with van der Waals surface area (Å²) in [4.78, 5) is 2.55. The molecule has 0 amide bonds. The molecule has 1 aromatic carbocycles. The molecule has 2 nitrogen and oxygen atoms in total. The minimum absolute atomic E-state index is 0.571. The predicted octanol–water partition coefficient (Wildman–Crippen LogP) is 4.83. The average Bonchev–Trinajstić information content (AvgIpc) is 2.48. The van der Waals surface area contributed by atoms with Gasteiger partial charge in [-0.25, -0.2) is 0 Å². The minimum Gasteiger partial charge on any atom is -0.382 e. The Morgan fingerprint density at radius 2 is 1.76 bits per heavy atom. The molecular weight excluding hydrogens is 256 g/mol. The topological polar surface area (TPSA) is 15.3 Å². The molecule has 0 aromatic heterocycles. The monoisotopic (exact) mass is 288 g/mol. The SMILES string of the molecule is CCN1CCC(Nc2ccc(C(C)C)cc2C(C)C)CC1. The molecule has 0 radical (unpaired) electrons. The summed E-state index contributed by atoms with van der Waals surface area (Å²) in [7, 11) is 0. The van der Waals surface area contributed by atoms with Crippen molar-refractivity contribution >= 4 is 5.69 Å². The molecular formula is C19H32N2. The Kier molecular flexibility index (Phi) is 5.69. The summed E-state index contributed by atoms with van der Waals surface area (Å²) in [5.41, 5.74) is 4.27. The van der Waals surface area contributed by atoms with E-state index in [0.717, 1.165) is 0 Å². The Morgan fingerprint density at radius 3 is 2.29 bits per heavy atom. The summed E-state index contributed by atoms with van der Waals surface area (Å²) in [6.45, 7) is 15.0. The van der Waals surface area contributed by atoms with Crippen LogP contribution in [0, 0.1) is 0 Å². The van der Waals surface area contributed by atoms with E-state index < -0.39 is 0 Å². The van der Waals surface area contributed by atoms with E-state index in [-0.39, 0.29) is 0 Å². The van der Waals surface area contributed by atoms with E-state index in [1.54, 1.807) is 0 Å². The molecule has 1 fully saturated rings. The first kappa shape index (κ1) is 16.4. The largest absolute Gasteiger partial charge is 0.382 e. The molecule has 21 heavy (non-hydrogen) atoms. The van der Waals surface area contributed by atoms with Gasteiger partial charge in [0.1, 0.15) is 0 Å². The molecule has 1 heterocycles. The average molecular weight is 288 g/mol. The first-order valence-corrected chi connectivity index (χ1v) is 8.64. The Hall–Kier alpha value is -1.02. The fourth-order valence-electron chi connectivity index (χ4n) is 3.16. The molecule has 1 aliphatic rings. The second-order valence-electron chi connectivity index (χ2n) is 7.01. The van der Waals surface area contributed by atoms with Crippen LogP contribution in [-0.4, -0.2) is 30.6 Å². The van der Waals surface area contributed by atoms with Crippen LogP contribution < -0.4 is 5.32 Å². The Bertz CT molecular complexity index is 443. The van der Waals surface area contributed by atoms with Gasteiger partial charge in [0.25, 0.3) is 0 Å². The standard InChI is InChI=1S/C19H32N2/c1-6-21-11-9-17(10-12-21)20-19-8-7-16(14(2)3)13-18(19)15(4)5/h7-8,13-15,17,20H,6,9-12H2,1-5H3. The first-order chi connectivity index (χ1) is 10.0. The number of nitrogens with zero attached hydrogens (tertiary/aromatic N) is 1. The van der Waals surface area contributed by atoms with Gasteiger partial charge < -0.3 is 10.2 Å². The highest BCUT2D eigenvalue weighted by atomic mass is 15.1. The van der Waals surface area contributed by atoms with E-state index in [0.29, 0.717) is 17.9 Å². The van der Waals surface area contributed by atoms with Crippen molar-refractivity contribution in [1.82, 2.24) is 4.90 Å². The maximum absolute atomic E-state index is 3.81. The number of likely N-dealkylation sites (tertiary alicyclic amines) is 1. The molecule has 1 aromatic rings. The van der Waals surface area contributed by atoms with E-state index in [1.165, 1.54) is 49.3 Å². The first-order valence-electron chi connectivity index (χ1n) is 8.64. The molecule has 1 aliphatic heterocycles. The third-order valence-electron chi connectivity index (χ3n) is 4.76. The number of anilines is 1. The zero-order valence-electron chi connectivity index (χ0n) is 14.4. The highest BCUT2D eigenvalue weighted by Gasteiger charge is 2.19. The fraction of sp³-hybridized carbons (Fsp3) is 0.684. The number of hydrogen-bond donors (Lipinski definition) is 1. The summed E-state index contributed by atoms with van der Waals surface area (Å²) >= 11 is 0. The lowest BCUT2D eigenvalue weighted by molar-refractivity contribution is 0.229. The van der Waals surface area contributed by atoms with Crippen LogP contribution in [0.25, 0.3) is 0 Å². The second kappa shape index (κ2) is 7.31. The van der Waals surface area contributed by atoms with Gasteiger partial charge in [0, 0.05) is 24.8 Å². The quantitative estimate of drug-likeness (QED) is 0.835. The smallest absolute Gasteiger partial charge is 0.0377 e. The van der Waals surface area contributed by atoms with Gasteiger partial charge in [-0.2, -0.15) is 0 Å². The summed E-state index contributed by atoms with van der Waals surface area (Å²) in [5, 5.41) is 3.81. The molecule has 0 unspecified atom stereocenters. The molecule has 0 atom stereocenters. The normalized spacial score (nSPS) is 17.7. The molecule has 2 heteroatoms. The summed E-state index contributed by atoms with van der Waals surface area (Å²) < 4.78 is 0. The van der Waals surface area contributed by atoms with Gasteiger partial charge in [-0.15, -0.1) is 0 Å². The van der Waals surface area contributed by atoms with E-state index in [1.807, 2.05) is 0 Å². The zero-order valence-corrected chi connectivity index (χ0v) is 14.4. The van der Waals surface area contributed by atoms with Crippen LogP contribution >= 0.6 is 0 Å². The zero-order chi connectivity index (χ0) is 15.4. The third kappa shape index (κ3) is 4.23. The third-order valence-corrected chi connectivity index (χ3v) is 4.76. The van der Waals surface area contributed by atoms with Crippen molar-refractivity contribution in [2.75, 3.05) is 25.0 Å². The lowest BCUT2D eigenvalue weighted by Crippen LogP contribution is -2.39. The lowest BCUT2D eigenvalue weighted by Gasteiger charge is -2.33. The molecule has 1 N–H and O–H groups in total. The van der Waals surface area contributed by atoms with Gasteiger partial charge in [-0.05, 0) is 48.4 Å². The number of hydrogen-bond acceptors (Lipinski definition) is 2. The van der Waals surface area contributed by atoms with Crippen molar-refractivity contribution in [1.29, 1.82) is 0 Å². The van der Waals surface area contributed by atoms with Gasteiger partial charge in [0.2, 0.25) is 0 Å². The van der Waals surface area contributed by atoms with Gasteiger partial charge in [-0.3, -0.25) is 0 Å². The van der Waals surface area contributed by atoms with Crippen LogP contribution in [0.5, 0.6) is 0 Å². The Balaban J connectivity index is 2.09. The van der Waals surface area contributed by atoms with Crippen molar-refractivity contribution < 1.29 is 0 Å². The second-order valence-corrected chi connectivity index (χ2v) is 7.01. The maximum atomic E-state index is 3.81. The van der Waals surface area contributed by atoms with Gasteiger partial charge in [-0.1, -0.05) is 46.8 Å². The van der Waals surface area contributed by atoms with Crippen LogP contribution in [0.3, 0.4) is 0 Å². The Morgan fingerprint density at radius 1 is 1.10 bits per heavy atom. The number of nitrogens with one attached hydrogen (secondary N) is 1. The predicted molar refractivity (Wildman–Crippen MR) is 93.4 cm³/mol. The highest BCUT2D eigenvalue weighted by molar-refractivity contribution is 5.55. The van der Waals surface area contributed by atoms with Gasteiger partial charge in [0.05, 0.1) is 0 Å². The summed E-state index contributed by atoms with van der Waals surface area (Å²) in [6.07, 6.45) is 2.52. The van der Waals surface area contributed by atoms with Crippen LogP contribution in [0.4, 0.5) is 5.69 Å². The lowest BCUT2D eigenvalue weighted by atomic mass is 9.93. The molecule has 2 rings (SSSR count). The van der Waals surface area contributed by atoms with Crippen molar-refractivity contribution in [2.45, 2.75) is 65.3 Å². The van der Waals surface area contributed by atoms with E-state index in [4.69, 9.17) is 0 Å². The van der Waals surface area contributed by atoms with Crippen molar-refractivity contribution in [3.63, 3.8) is 0 Å². The number of benzene rings is 1. The highest BCUT2D eigenvalue weighted by Crippen LogP contribution is 2.29. The van der Waals surface area contributed by atoms with Gasteiger partial charge in [0.15, 0.2) is 0 Å². The molecule has 0 bridgehead atoms. The van der Waals surface area contributed by atoms with Crippen molar-refractivity contribution in [3.8, 4) is 0 Å². The molecule has 0 spiro atoms. The minimum atomic E-state index is 0.571. The van der Waals surface area contributed by atoms with Crippen LogP contribution in [0.15, 0.2) is 18.2 Å². The Labute approximate surface area is 130 Å². The maximum Gasteiger partial charge on any atom is 0.0377 e. The van der Waals surface area contributed by atoms with E-state index in [9.17, 15) is 0 Å². The number of rotatable bonds is 5. The van der Waals surface area contributed by atoms with Crippen molar-refractivity contribution in [2.24, 2.45) is 0 Å². The number of piperidine rings is 1. The molecule has 118 valence electrons. The molecule has 1 saturated heterocycles.